The lowest BCUT2D eigenvalue weighted by molar-refractivity contribution is -0.125. The molecule has 0 bridgehead atoms. The number of primary amides is 1. The van der Waals surface area contributed by atoms with Gasteiger partial charge in [-0.25, -0.2) is 14.3 Å². The number of thiophene rings is 1. The van der Waals surface area contributed by atoms with Gasteiger partial charge in [-0.2, -0.15) is 0 Å². The number of carbonyl (C=O) groups is 1. The van der Waals surface area contributed by atoms with Crippen LogP contribution in [0.5, 0.6) is 5.75 Å². The number of rotatable bonds is 9. The number of para-hydroxylation sites is 1. The largest absolute Gasteiger partial charge is 0.496 e. The van der Waals surface area contributed by atoms with E-state index in [1.807, 2.05) is 38.1 Å². The number of aryl methyl sites for hydroxylation is 1. The van der Waals surface area contributed by atoms with Gasteiger partial charge in [0.05, 0.1) is 36.2 Å². The minimum absolute atomic E-state index is 0.0496. The predicted octanol–water partition coefficient (Wildman–Crippen LogP) is 3.58. The second kappa shape index (κ2) is 9.98. The van der Waals surface area contributed by atoms with Crippen LogP contribution in [-0.2, 0) is 21.6 Å². The first-order valence-electron chi connectivity index (χ1n) is 11.8. The molecule has 1 unspecified atom stereocenters. The van der Waals surface area contributed by atoms with E-state index in [1.165, 1.54) is 42.2 Å². The molecule has 1 amide bonds. The topological polar surface area (TPSA) is 132 Å². The zero-order valence-corrected chi connectivity index (χ0v) is 22.4. The van der Waals surface area contributed by atoms with Crippen molar-refractivity contribution in [2.45, 2.75) is 58.9 Å². The van der Waals surface area contributed by atoms with E-state index in [1.54, 1.807) is 14.0 Å². The maximum atomic E-state index is 14.0. The van der Waals surface area contributed by atoms with Crippen molar-refractivity contribution in [2.24, 2.45) is 5.73 Å². The van der Waals surface area contributed by atoms with Gasteiger partial charge in [-0.05, 0) is 46.2 Å². The number of oxazole rings is 1. The third-order valence-electron chi connectivity index (χ3n) is 6.27. The summed E-state index contributed by atoms with van der Waals surface area (Å²) in [4.78, 5) is 45.3. The molecule has 3 heterocycles. The lowest BCUT2D eigenvalue weighted by Crippen LogP contribution is -2.54. The summed E-state index contributed by atoms with van der Waals surface area (Å²) < 4.78 is 19.7. The van der Waals surface area contributed by atoms with Crippen molar-refractivity contribution in [3.63, 3.8) is 0 Å². The second-order valence-electron chi connectivity index (χ2n) is 9.45. The van der Waals surface area contributed by atoms with Crippen LogP contribution in [0.15, 0.2) is 50.7 Å². The van der Waals surface area contributed by atoms with E-state index >= 15 is 0 Å². The first kappa shape index (κ1) is 26.4. The molecule has 1 aromatic carbocycles. The smallest absolute Gasteiger partial charge is 0.333 e. The molecule has 0 radical (unpaired) electrons. The molecule has 0 aliphatic carbocycles. The van der Waals surface area contributed by atoms with Gasteiger partial charge in [0.15, 0.2) is 0 Å². The number of benzene rings is 1. The standard InChI is InChI=1S/C26H30N4O6S/c1-14(2)36-18(16-9-7-8-10-17(16)34-6)13-29-23-19(15(3)20(37-23)21-28-11-12-35-21)22(31)30(25(29)33)26(4,5)24(27)32/h7-12,14,18H,13H2,1-6H3,(H2,27,32). The number of hydrogen-bond donors (Lipinski definition) is 1. The van der Waals surface area contributed by atoms with E-state index in [0.717, 1.165) is 10.1 Å². The molecule has 0 aliphatic rings. The molecule has 1 atom stereocenters. The van der Waals surface area contributed by atoms with Gasteiger partial charge in [0.2, 0.25) is 11.8 Å². The molecule has 2 N–H and O–H groups in total. The average Bonchev–Trinajstić information content (AvgIpc) is 3.48. The van der Waals surface area contributed by atoms with Crippen molar-refractivity contribution < 1.29 is 18.7 Å². The van der Waals surface area contributed by atoms with Gasteiger partial charge in [-0.1, -0.05) is 18.2 Å². The fourth-order valence-electron chi connectivity index (χ4n) is 4.29. The zero-order chi connectivity index (χ0) is 27.1. The molecule has 0 spiro atoms. The molecule has 3 aromatic heterocycles. The van der Waals surface area contributed by atoms with Gasteiger partial charge in [-0.15, -0.1) is 11.3 Å². The van der Waals surface area contributed by atoms with Crippen molar-refractivity contribution in [3.05, 3.63) is 68.7 Å². The van der Waals surface area contributed by atoms with E-state index in [0.29, 0.717) is 26.9 Å². The molecule has 4 rings (SSSR count). The van der Waals surface area contributed by atoms with Crippen LogP contribution in [0.1, 0.15) is 44.9 Å². The van der Waals surface area contributed by atoms with Crippen molar-refractivity contribution in [1.82, 2.24) is 14.1 Å². The molecule has 0 saturated heterocycles. The molecule has 37 heavy (non-hydrogen) atoms. The lowest BCUT2D eigenvalue weighted by Gasteiger charge is -2.27. The number of nitrogens with two attached hydrogens (primary N) is 1. The Morgan fingerprint density at radius 1 is 1.24 bits per heavy atom. The van der Waals surface area contributed by atoms with Crippen LogP contribution in [0.3, 0.4) is 0 Å². The summed E-state index contributed by atoms with van der Waals surface area (Å²) in [5, 5.41) is 0.287. The maximum Gasteiger partial charge on any atom is 0.333 e. The van der Waals surface area contributed by atoms with Crippen molar-refractivity contribution >= 4 is 27.5 Å². The van der Waals surface area contributed by atoms with Gasteiger partial charge < -0.3 is 19.6 Å². The van der Waals surface area contributed by atoms with Crippen LogP contribution in [0, 0.1) is 6.92 Å². The Morgan fingerprint density at radius 3 is 2.54 bits per heavy atom. The molecule has 0 saturated carbocycles. The zero-order valence-electron chi connectivity index (χ0n) is 21.6. The highest BCUT2D eigenvalue weighted by atomic mass is 32.1. The fourth-order valence-corrected chi connectivity index (χ4v) is 5.53. The highest BCUT2D eigenvalue weighted by Crippen LogP contribution is 2.37. The Hall–Kier alpha value is -3.70. The molecule has 0 fully saturated rings. The van der Waals surface area contributed by atoms with Gasteiger partial charge in [0, 0.05) is 5.56 Å². The summed E-state index contributed by atoms with van der Waals surface area (Å²) in [7, 11) is 1.57. The van der Waals surface area contributed by atoms with Gasteiger partial charge in [-0.3, -0.25) is 14.2 Å². The maximum absolute atomic E-state index is 14.0. The molecule has 11 heteroatoms. The third-order valence-corrected chi connectivity index (χ3v) is 7.57. The first-order chi connectivity index (χ1) is 17.5. The Kier molecular flexibility index (Phi) is 7.11. The fraction of sp³-hybridized carbons (Fsp3) is 0.385. The molecule has 0 aliphatic heterocycles. The van der Waals surface area contributed by atoms with Crippen LogP contribution in [0.4, 0.5) is 0 Å². The van der Waals surface area contributed by atoms with E-state index in [2.05, 4.69) is 4.98 Å². The average molecular weight is 527 g/mol. The summed E-state index contributed by atoms with van der Waals surface area (Å²) >= 11 is 1.22. The van der Waals surface area contributed by atoms with Crippen LogP contribution in [-0.4, -0.2) is 33.2 Å². The molecular weight excluding hydrogens is 496 g/mol. The number of ether oxygens (including phenoxy) is 2. The van der Waals surface area contributed by atoms with E-state index < -0.39 is 28.8 Å². The number of fused-ring (bicyclic) bond motifs is 1. The number of carbonyl (C=O) groups excluding carboxylic acids is 1. The van der Waals surface area contributed by atoms with Crippen LogP contribution in [0.25, 0.3) is 21.0 Å². The first-order valence-corrected chi connectivity index (χ1v) is 12.6. The lowest BCUT2D eigenvalue weighted by atomic mass is 10.0. The number of nitrogens with zero attached hydrogens (tertiary/aromatic N) is 3. The summed E-state index contributed by atoms with van der Waals surface area (Å²) in [5.41, 5.74) is 4.11. The minimum atomic E-state index is -1.58. The highest BCUT2D eigenvalue weighted by Gasteiger charge is 2.35. The number of methoxy groups -OCH3 is 1. The third kappa shape index (κ3) is 4.60. The Balaban J connectivity index is 2.06. The molecule has 196 valence electrons. The summed E-state index contributed by atoms with van der Waals surface area (Å²) in [5.74, 6) is 0.127. The SMILES string of the molecule is COc1ccccc1C(Cn1c(=O)n(C(C)(C)C(N)=O)c(=O)c2c(C)c(-c3ncco3)sc21)OC(C)C. The normalized spacial score (nSPS) is 12.8. The number of amides is 1. The number of hydrogen-bond acceptors (Lipinski definition) is 8. The highest BCUT2D eigenvalue weighted by molar-refractivity contribution is 7.22. The molecule has 4 aromatic rings. The van der Waals surface area contributed by atoms with Crippen molar-refractivity contribution in [1.29, 1.82) is 0 Å². The summed E-state index contributed by atoms with van der Waals surface area (Å²) in [6, 6.07) is 7.40. The molecule has 10 nitrogen and oxygen atoms in total. The summed E-state index contributed by atoms with van der Waals surface area (Å²) in [6.45, 7) is 8.51. The number of aromatic nitrogens is 3. The van der Waals surface area contributed by atoms with Gasteiger partial charge >= 0.3 is 5.69 Å². The van der Waals surface area contributed by atoms with Crippen LogP contribution < -0.4 is 21.7 Å². The van der Waals surface area contributed by atoms with Crippen molar-refractivity contribution in [3.8, 4) is 16.5 Å². The Bertz CT molecular complexity index is 1560. The second-order valence-corrected chi connectivity index (χ2v) is 10.4. The molecular formula is C26H30N4O6S. The summed E-state index contributed by atoms with van der Waals surface area (Å²) in [6.07, 6.45) is 2.17. The van der Waals surface area contributed by atoms with E-state index in [4.69, 9.17) is 19.6 Å². The Morgan fingerprint density at radius 2 is 1.95 bits per heavy atom. The van der Waals surface area contributed by atoms with E-state index in [-0.39, 0.29) is 18.0 Å². The predicted molar refractivity (Wildman–Crippen MR) is 141 cm³/mol. The Labute approximate surface area is 217 Å². The van der Waals surface area contributed by atoms with E-state index in [9.17, 15) is 14.4 Å². The van der Waals surface area contributed by atoms with Gasteiger partial charge in [0.1, 0.15) is 28.5 Å². The van der Waals surface area contributed by atoms with Gasteiger partial charge in [0.25, 0.3) is 5.56 Å². The quantitative estimate of drug-likeness (QED) is 0.353. The monoisotopic (exact) mass is 526 g/mol. The van der Waals surface area contributed by atoms with Crippen LogP contribution in [0.2, 0.25) is 0 Å². The van der Waals surface area contributed by atoms with Crippen molar-refractivity contribution in [2.75, 3.05) is 7.11 Å². The minimum Gasteiger partial charge on any atom is -0.496 e. The van der Waals surface area contributed by atoms with Crippen LogP contribution >= 0.6 is 11.3 Å².